The van der Waals surface area contributed by atoms with Gasteiger partial charge in [0.25, 0.3) is 0 Å². The molecule has 3 nitrogen and oxygen atoms in total. The van der Waals surface area contributed by atoms with Crippen molar-refractivity contribution in [1.29, 1.82) is 0 Å². The van der Waals surface area contributed by atoms with Crippen LogP contribution in [0.5, 0.6) is 5.75 Å². The van der Waals surface area contributed by atoms with E-state index in [9.17, 15) is 0 Å². The number of halogens is 1. The van der Waals surface area contributed by atoms with Crippen LogP contribution >= 0.6 is 12.4 Å². The number of likely N-dealkylation sites (tertiary alicyclic amines) is 1. The normalized spacial score (nSPS) is 21.1. The van der Waals surface area contributed by atoms with Crippen LogP contribution < -0.4 is 10.5 Å². The van der Waals surface area contributed by atoms with E-state index in [1.165, 1.54) is 31.4 Å². The third-order valence-electron chi connectivity index (χ3n) is 3.89. The summed E-state index contributed by atoms with van der Waals surface area (Å²) in [6.07, 6.45) is 3.83. The molecule has 1 aromatic rings. The third-order valence-corrected chi connectivity index (χ3v) is 3.89. The van der Waals surface area contributed by atoms with Gasteiger partial charge in [0.15, 0.2) is 0 Å². The molecule has 0 spiro atoms. The van der Waals surface area contributed by atoms with Gasteiger partial charge in [-0.3, -0.25) is 4.90 Å². The van der Waals surface area contributed by atoms with Gasteiger partial charge in [0.05, 0.1) is 6.61 Å². The summed E-state index contributed by atoms with van der Waals surface area (Å²) in [7, 11) is 0. The molecule has 4 heteroatoms. The molecular formula is C16H27ClN2O. The average molecular weight is 299 g/mol. The first-order valence-corrected chi connectivity index (χ1v) is 7.42. The third kappa shape index (κ3) is 4.65. The SMILES string of the molecule is CCOc1ccc(CN2CCCCC2C(C)N)cc1.Cl. The van der Waals surface area contributed by atoms with Crippen LogP contribution in [-0.4, -0.2) is 30.1 Å². The van der Waals surface area contributed by atoms with Crippen LogP contribution in [0.15, 0.2) is 24.3 Å². The molecule has 0 aliphatic carbocycles. The van der Waals surface area contributed by atoms with Gasteiger partial charge in [-0.1, -0.05) is 18.6 Å². The Kier molecular flexibility index (Phi) is 7.35. The van der Waals surface area contributed by atoms with Gasteiger partial charge in [-0.25, -0.2) is 0 Å². The molecule has 0 aromatic heterocycles. The molecule has 1 aromatic carbocycles. The van der Waals surface area contributed by atoms with Crippen molar-refractivity contribution in [2.45, 2.75) is 51.7 Å². The second kappa shape index (κ2) is 8.50. The van der Waals surface area contributed by atoms with Crippen LogP contribution in [0.1, 0.15) is 38.7 Å². The maximum atomic E-state index is 6.11. The molecule has 1 heterocycles. The summed E-state index contributed by atoms with van der Waals surface area (Å²) < 4.78 is 5.48. The number of hydrogen-bond acceptors (Lipinski definition) is 3. The van der Waals surface area contributed by atoms with Crippen LogP contribution in [0.4, 0.5) is 0 Å². The zero-order valence-corrected chi connectivity index (χ0v) is 13.4. The first kappa shape index (κ1) is 17.3. The van der Waals surface area contributed by atoms with Gasteiger partial charge in [0, 0.05) is 18.6 Å². The Balaban J connectivity index is 0.00000200. The van der Waals surface area contributed by atoms with E-state index >= 15 is 0 Å². The van der Waals surface area contributed by atoms with E-state index in [0.29, 0.717) is 6.04 Å². The highest BCUT2D eigenvalue weighted by Gasteiger charge is 2.25. The summed E-state index contributed by atoms with van der Waals surface area (Å²) in [5, 5.41) is 0. The molecular weight excluding hydrogens is 272 g/mol. The van der Waals surface area contributed by atoms with Crippen LogP contribution in [0.25, 0.3) is 0 Å². The van der Waals surface area contributed by atoms with Crippen molar-refractivity contribution in [2.24, 2.45) is 5.73 Å². The zero-order chi connectivity index (χ0) is 13.7. The summed E-state index contributed by atoms with van der Waals surface area (Å²) in [5.41, 5.74) is 7.46. The smallest absolute Gasteiger partial charge is 0.119 e. The molecule has 20 heavy (non-hydrogen) atoms. The largest absolute Gasteiger partial charge is 0.494 e. The van der Waals surface area contributed by atoms with Crippen LogP contribution in [-0.2, 0) is 6.54 Å². The van der Waals surface area contributed by atoms with Crippen molar-refractivity contribution >= 4 is 12.4 Å². The molecule has 0 amide bonds. The summed E-state index contributed by atoms with van der Waals surface area (Å²) in [6, 6.07) is 9.23. The van der Waals surface area contributed by atoms with Crippen molar-refractivity contribution in [1.82, 2.24) is 4.90 Å². The first-order chi connectivity index (χ1) is 9.20. The maximum Gasteiger partial charge on any atom is 0.119 e. The molecule has 0 bridgehead atoms. The van der Waals surface area contributed by atoms with Crippen molar-refractivity contribution in [3.63, 3.8) is 0 Å². The molecule has 1 aliphatic rings. The fraction of sp³-hybridized carbons (Fsp3) is 0.625. The molecule has 2 rings (SSSR count). The summed E-state index contributed by atoms with van der Waals surface area (Å²) >= 11 is 0. The Hall–Kier alpha value is -0.770. The molecule has 0 saturated carbocycles. The van der Waals surface area contributed by atoms with Crippen LogP contribution in [0.2, 0.25) is 0 Å². The van der Waals surface area contributed by atoms with Crippen LogP contribution in [0, 0.1) is 0 Å². The number of ether oxygens (including phenoxy) is 1. The van der Waals surface area contributed by atoms with Crippen molar-refractivity contribution in [2.75, 3.05) is 13.2 Å². The standard InChI is InChI=1S/C16H26N2O.ClH/c1-3-19-15-9-7-14(8-10-15)12-18-11-5-4-6-16(18)13(2)17;/h7-10,13,16H,3-6,11-12,17H2,1-2H3;1H. The van der Waals surface area contributed by atoms with E-state index in [0.717, 1.165) is 18.9 Å². The minimum Gasteiger partial charge on any atom is -0.494 e. The van der Waals surface area contributed by atoms with E-state index in [1.54, 1.807) is 0 Å². The highest BCUT2D eigenvalue weighted by molar-refractivity contribution is 5.85. The lowest BCUT2D eigenvalue weighted by molar-refractivity contribution is 0.123. The van der Waals surface area contributed by atoms with E-state index in [1.807, 2.05) is 6.92 Å². The van der Waals surface area contributed by atoms with Gasteiger partial charge in [0.1, 0.15) is 5.75 Å². The van der Waals surface area contributed by atoms with Crippen LogP contribution in [0.3, 0.4) is 0 Å². The fourth-order valence-corrected chi connectivity index (χ4v) is 2.90. The highest BCUT2D eigenvalue weighted by atomic mass is 35.5. The molecule has 2 N–H and O–H groups in total. The lowest BCUT2D eigenvalue weighted by Crippen LogP contribution is -2.48. The van der Waals surface area contributed by atoms with Gasteiger partial charge in [-0.2, -0.15) is 0 Å². The monoisotopic (exact) mass is 298 g/mol. The average Bonchev–Trinajstić information content (AvgIpc) is 2.42. The molecule has 1 saturated heterocycles. The van der Waals surface area contributed by atoms with E-state index in [-0.39, 0.29) is 18.4 Å². The number of nitrogens with two attached hydrogens (primary N) is 1. The highest BCUT2D eigenvalue weighted by Crippen LogP contribution is 2.22. The Morgan fingerprint density at radius 3 is 2.60 bits per heavy atom. The fourth-order valence-electron chi connectivity index (χ4n) is 2.90. The zero-order valence-electron chi connectivity index (χ0n) is 12.5. The second-order valence-electron chi connectivity index (χ2n) is 5.47. The predicted octanol–water partition coefficient (Wildman–Crippen LogP) is 3.21. The van der Waals surface area contributed by atoms with Gasteiger partial charge in [0.2, 0.25) is 0 Å². The molecule has 114 valence electrons. The quantitative estimate of drug-likeness (QED) is 0.907. The minimum atomic E-state index is 0. The molecule has 2 unspecified atom stereocenters. The Bertz CT molecular complexity index is 381. The number of piperidine rings is 1. The number of rotatable bonds is 5. The summed E-state index contributed by atoms with van der Waals surface area (Å²) in [5.74, 6) is 0.952. The first-order valence-electron chi connectivity index (χ1n) is 7.42. The van der Waals surface area contributed by atoms with Crippen molar-refractivity contribution in [3.05, 3.63) is 29.8 Å². The van der Waals surface area contributed by atoms with E-state index in [4.69, 9.17) is 10.5 Å². The topological polar surface area (TPSA) is 38.5 Å². The lowest BCUT2D eigenvalue weighted by Gasteiger charge is -2.38. The second-order valence-corrected chi connectivity index (χ2v) is 5.47. The van der Waals surface area contributed by atoms with Gasteiger partial charge >= 0.3 is 0 Å². The summed E-state index contributed by atoms with van der Waals surface area (Å²) in [6.45, 7) is 7.02. The predicted molar refractivity (Wildman–Crippen MR) is 86.6 cm³/mol. The van der Waals surface area contributed by atoms with Crippen molar-refractivity contribution in [3.8, 4) is 5.75 Å². The Morgan fingerprint density at radius 1 is 1.30 bits per heavy atom. The van der Waals surface area contributed by atoms with Crippen molar-refractivity contribution < 1.29 is 4.74 Å². The minimum absolute atomic E-state index is 0. The molecule has 2 atom stereocenters. The van der Waals surface area contributed by atoms with Gasteiger partial charge in [-0.05, 0) is 50.9 Å². The number of hydrogen-bond donors (Lipinski definition) is 1. The lowest BCUT2D eigenvalue weighted by atomic mass is 9.96. The number of nitrogens with zero attached hydrogens (tertiary/aromatic N) is 1. The Morgan fingerprint density at radius 2 is 2.00 bits per heavy atom. The Labute approximate surface area is 128 Å². The maximum absolute atomic E-state index is 6.11. The van der Waals surface area contributed by atoms with Gasteiger partial charge in [-0.15, -0.1) is 12.4 Å². The summed E-state index contributed by atoms with van der Waals surface area (Å²) in [4.78, 5) is 2.53. The number of benzene rings is 1. The van der Waals surface area contributed by atoms with E-state index in [2.05, 4.69) is 36.1 Å². The van der Waals surface area contributed by atoms with E-state index < -0.39 is 0 Å². The molecule has 1 fully saturated rings. The molecule has 1 aliphatic heterocycles. The van der Waals surface area contributed by atoms with Gasteiger partial charge < -0.3 is 10.5 Å². The molecule has 0 radical (unpaired) electrons.